The Morgan fingerprint density at radius 1 is 1.21 bits per heavy atom. The van der Waals surface area contributed by atoms with E-state index in [-0.39, 0.29) is 24.1 Å². The molecule has 2 N–H and O–H groups in total. The molecule has 2 aromatic carbocycles. The van der Waals surface area contributed by atoms with Crippen molar-refractivity contribution in [1.29, 1.82) is 5.41 Å². The second-order valence-electron chi connectivity index (χ2n) is 6.93. The van der Waals surface area contributed by atoms with Crippen LogP contribution < -0.4 is 0 Å². The lowest BCUT2D eigenvalue weighted by Crippen LogP contribution is -2.26. The molecule has 0 saturated carbocycles. The zero-order valence-electron chi connectivity index (χ0n) is 16.3. The monoisotopic (exact) mass is 390 g/mol. The third kappa shape index (κ3) is 3.35. The van der Waals surface area contributed by atoms with E-state index in [9.17, 15) is 9.90 Å². The summed E-state index contributed by atoms with van der Waals surface area (Å²) in [5.41, 5.74) is 3.65. The molecule has 1 aliphatic heterocycles. The molecule has 0 amide bonds. The Labute approximate surface area is 168 Å². The highest BCUT2D eigenvalue weighted by Gasteiger charge is 2.31. The summed E-state index contributed by atoms with van der Waals surface area (Å²) in [6.45, 7) is 2.80. The van der Waals surface area contributed by atoms with Gasteiger partial charge in [0.15, 0.2) is 0 Å². The summed E-state index contributed by atoms with van der Waals surface area (Å²) in [6.07, 6.45) is 0. The summed E-state index contributed by atoms with van der Waals surface area (Å²) in [7, 11) is 1.88. The lowest BCUT2D eigenvalue weighted by molar-refractivity contribution is 0.0526. The van der Waals surface area contributed by atoms with Crippen LogP contribution in [0.25, 0.3) is 16.6 Å². The van der Waals surface area contributed by atoms with Crippen LogP contribution in [-0.2, 0) is 18.3 Å². The second-order valence-corrected chi connectivity index (χ2v) is 6.93. The molecular weight excluding hydrogens is 368 g/mol. The number of aliphatic hydroxyl groups is 1. The molecule has 2 heterocycles. The van der Waals surface area contributed by atoms with Crippen LogP contribution in [0.1, 0.15) is 28.7 Å². The minimum absolute atomic E-state index is 0.136. The normalized spacial score (nSPS) is 14.1. The number of carbonyl (C=O) groups is 1. The number of para-hydroxylation sites is 2. The molecule has 0 spiro atoms. The lowest BCUT2D eigenvalue weighted by atomic mass is 10.1. The van der Waals surface area contributed by atoms with Crippen LogP contribution >= 0.6 is 0 Å². The molecule has 29 heavy (non-hydrogen) atoms. The first-order chi connectivity index (χ1) is 14.0. The van der Waals surface area contributed by atoms with Gasteiger partial charge in [-0.1, -0.05) is 24.3 Å². The van der Waals surface area contributed by atoms with Gasteiger partial charge < -0.3 is 19.3 Å². The number of benzene rings is 2. The average molecular weight is 390 g/mol. The molecule has 7 heteroatoms. The highest BCUT2D eigenvalue weighted by atomic mass is 16.5. The third-order valence-corrected chi connectivity index (χ3v) is 5.03. The Balaban J connectivity index is 1.54. The molecule has 1 aliphatic rings. The van der Waals surface area contributed by atoms with E-state index in [1.54, 1.807) is 24.0 Å². The van der Waals surface area contributed by atoms with Gasteiger partial charge in [0, 0.05) is 13.6 Å². The Bertz CT molecular complexity index is 1130. The van der Waals surface area contributed by atoms with Crippen LogP contribution in [-0.4, -0.2) is 44.5 Å². The quantitative estimate of drug-likeness (QED) is 0.651. The number of aliphatic hydroxyl groups excluding tert-OH is 1. The SMILES string of the molecule is CCOC(=O)c1ccc(CN2CC(O)=C(c3nc4ccccc4n3C)C2=N)cc1. The van der Waals surface area contributed by atoms with Gasteiger partial charge in [0.2, 0.25) is 0 Å². The maximum atomic E-state index is 11.8. The summed E-state index contributed by atoms with van der Waals surface area (Å²) in [5, 5.41) is 19.2. The van der Waals surface area contributed by atoms with Crippen molar-refractivity contribution >= 4 is 28.4 Å². The van der Waals surface area contributed by atoms with Crippen molar-refractivity contribution in [3.8, 4) is 0 Å². The van der Waals surface area contributed by atoms with E-state index in [2.05, 4.69) is 4.98 Å². The van der Waals surface area contributed by atoms with Gasteiger partial charge in [-0.05, 0) is 36.8 Å². The van der Waals surface area contributed by atoms with Crippen molar-refractivity contribution in [2.75, 3.05) is 13.2 Å². The largest absolute Gasteiger partial charge is 0.510 e. The minimum atomic E-state index is -0.351. The van der Waals surface area contributed by atoms with Crippen LogP contribution in [0.4, 0.5) is 0 Å². The van der Waals surface area contributed by atoms with Crippen molar-refractivity contribution in [2.24, 2.45) is 7.05 Å². The highest BCUT2D eigenvalue weighted by molar-refractivity contribution is 6.23. The number of fused-ring (bicyclic) bond motifs is 1. The molecule has 0 aliphatic carbocycles. The lowest BCUT2D eigenvalue weighted by Gasteiger charge is -2.19. The molecular formula is C22H22N4O3. The van der Waals surface area contributed by atoms with E-state index >= 15 is 0 Å². The number of aromatic nitrogens is 2. The highest BCUT2D eigenvalue weighted by Crippen LogP contribution is 2.29. The molecule has 0 unspecified atom stereocenters. The predicted octanol–water partition coefficient (Wildman–Crippen LogP) is 3.51. The summed E-state index contributed by atoms with van der Waals surface area (Å²) < 4.78 is 6.89. The van der Waals surface area contributed by atoms with Crippen LogP contribution in [0.2, 0.25) is 0 Å². The number of amidine groups is 1. The third-order valence-electron chi connectivity index (χ3n) is 5.03. The van der Waals surface area contributed by atoms with E-state index in [4.69, 9.17) is 10.1 Å². The molecule has 0 atom stereocenters. The molecule has 4 rings (SSSR count). The number of rotatable bonds is 5. The van der Waals surface area contributed by atoms with Crippen molar-refractivity contribution in [1.82, 2.24) is 14.5 Å². The number of imidazole rings is 1. The van der Waals surface area contributed by atoms with E-state index in [0.29, 0.717) is 30.1 Å². The zero-order chi connectivity index (χ0) is 20.5. The van der Waals surface area contributed by atoms with Gasteiger partial charge in [0.05, 0.1) is 35.3 Å². The van der Waals surface area contributed by atoms with Gasteiger partial charge in [0.1, 0.15) is 17.4 Å². The van der Waals surface area contributed by atoms with E-state index in [0.717, 1.165) is 16.6 Å². The predicted molar refractivity (Wildman–Crippen MR) is 111 cm³/mol. The van der Waals surface area contributed by atoms with Gasteiger partial charge in [-0.25, -0.2) is 9.78 Å². The van der Waals surface area contributed by atoms with Crippen LogP contribution in [0.3, 0.4) is 0 Å². The van der Waals surface area contributed by atoms with Gasteiger partial charge in [0.25, 0.3) is 0 Å². The summed E-state index contributed by atoms with van der Waals surface area (Å²) >= 11 is 0. The number of ether oxygens (including phenoxy) is 1. The van der Waals surface area contributed by atoms with Crippen molar-refractivity contribution < 1.29 is 14.6 Å². The fraction of sp³-hybridized carbons (Fsp3) is 0.227. The summed E-state index contributed by atoms with van der Waals surface area (Å²) in [4.78, 5) is 18.2. The summed E-state index contributed by atoms with van der Waals surface area (Å²) in [6, 6.07) is 14.8. The first-order valence-corrected chi connectivity index (χ1v) is 9.43. The first-order valence-electron chi connectivity index (χ1n) is 9.43. The Hall–Kier alpha value is -3.61. The number of nitrogens with zero attached hydrogens (tertiary/aromatic N) is 3. The fourth-order valence-corrected chi connectivity index (χ4v) is 3.55. The molecule has 148 valence electrons. The van der Waals surface area contributed by atoms with E-state index in [1.165, 1.54) is 0 Å². The number of esters is 1. The molecule has 7 nitrogen and oxygen atoms in total. The van der Waals surface area contributed by atoms with E-state index < -0.39 is 0 Å². The number of hydrogen-bond donors (Lipinski definition) is 2. The number of aryl methyl sites for hydroxylation is 1. The smallest absolute Gasteiger partial charge is 0.338 e. The Kier molecular flexibility index (Phi) is 4.80. The number of nitrogens with one attached hydrogen (secondary N) is 1. The standard InChI is InChI=1S/C22H22N4O3/c1-3-29-22(28)15-10-8-14(9-11-15)12-26-13-18(27)19(20(26)23)21-24-16-6-4-5-7-17(16)25(21)2/h4-11,23,27H,3,12-13H2,1-2H3. The Morgan fingerprint density at radius 3 is 2.62 bits per heavy atom. The Morgan fingerprint density at radius 2 is 1.93 bits per heavy atom. The molecule has 0 saturated heterocycles. The van der Waals surface area contributed by atoms with Crippen LogP contribution in [0.15, 0.2) is 54.3 Å². The summed E-state index contributed by atoms with van der Waals surface area (Å²) in [5.74, 6) is 0.595. The van der Waals surface area contributed by atoms with Gasteiger partial charge in [-0.15, -0.1) is 0 Å². The minimum Gasteiger partial charge on any atom is -0.510 e. The molecule has 3 aromatic rings. The number of carbonyl (C=O) groups excluding carboxylic acids is 1. The van der Waals surface area contributed by atoms with Crippen molar-refractivity contribution in [2.45, 2.75) is 13.5 Å². The molecule has 1 aromatic heterocycles. The first kappa shape index (κ1) is 18.7. The van der Waals surface area contributed by atoms with Gasteiger partial charge in [-0.3, -0.25) is 5.41 Å². The van der Waals surface area contributed by atoms with E-state index in [1.807, 2.05) is 48.0 Å². The molecule has 0 bridgehead atoms. The topological polar surface area (TPSA) is 91.4 Å². The maximum Gasteiger partial charge on any atom is 0.338 e. The van der Waals surface area contributed by atoms with Gasteiger partial charge >= 0.3 is 5.97 Å². The van der Waals surface area contributed by atoms with Gasteiger partial charge in [-0.2, -0.15) is 0 Å². The molecule has 0 fully saturated rings. The fourth-order valence-electron chi connectivity index (χ4n) is 3.55. The zero-order valence-corrected chi connectivity index (χ0v) is 16.3. The average Bonchev–Trinajstić information content (AvgIpc) is 3.18. The van der Waals surface area contributed by atoms with Crippen LogP contribution in [0, 0.1) is 5.41 Å². The second kappa shape index (κ2) is 7.43. The maximum absolute atomic E-state index is 11.8. The molecule has 0 radical (unpaired) electrons. The van der Waals surface area contributed by atoms with Crippen molar-refractivity contribution in [3.05, 3.63) is 71.2 Å². The number of hydrogen-bond acceptors (Lipinski definition) is 5. The van der Waals surface area contributed by atoms with Crippen LogP contribution in [0.5, 0.6) is 0 Å². The van der Waals surface area contributed by atoms with Crippen molar-refractivity contribution in [3.63, 3.8) is 0 Å².